The minimum absolute atomic E-state index is 0.00103. The third-order valence-electron chi connectivity index (χ3n) is 6.49. The molecule has 2 atom stereocenters. The smallest absolute Gasteiger partial charge is 0.435 e. The van der Waals surface area contributed by atoms with Gasteiger partial charge in [0.25, 0.3) is 0 Å². The quantitative estimate of drug-likeness (QED) is 0.254. The first-order valence-electron chi connectivity index (χ1n) is 13.8. The maximum Gasteiger partial charge on any atom is 0.435 e. The second-order valence-electron chi connectivity index (χ2n) is 12.4. The summed E-state index contributed by atoms with van der Waals surface area (Å²) in [7, 11) is 0. The molecular weight excluding hydrogens is 526 g/mol. The van der Waals surface area contributed by atoms with Crippen LogP contribution in [0.5, 0.6) is 0 Å². The number of anilines is 3. The maximum atomic E-state index is 12.8. The van der Waals surface area contributed by atoms with Gasteiger partial charge in [-0.2, -0.15) is 14.8 Å². The molecule has 1 aromatic carbocycles. The van der Waals surface area contributed by atoms with Gasteiger partial charge in [0.05, 0.1) is 17.5 Å². The molecule has 0 unspecified atom stereocenters. The average molecular weight is 564 g/mol. The fourth-order valence-corrected chi connectivity index (χ4v) is 4.85. The van der Waals surface area contributed by atoms with Crippen LogP contribution in [0.4, 0.5) is 27.0 Å². The Balaban J connectivity index is 1.34. The highest BCUT2D eigenvalue weighted by Gasteiger charge is 2.29. The summed E-state index contributed by atoms with van der Waals surface area (Å²) < 4.78 is 17.9. The van der Waals surface area contributed by atoms with E-state index in [0.717, 1.165) is 30.3 Å². The van der Waals surface area contributed by atoms with Crippen LogP contribution in [0.1, 0.15) is 66.5 Å². The number of rotatable bonds is 5. The molecule has 1 fully saturated rings. The number of fused-ring (bicyclic) bond motifs is 2. The number of alkyl carbamates (subject to hydrolysis) is 1. The van der Waals surface area contributed by atoms with E-state index in [1.165, 1.54) is 4.68 Å². The zero-order valence-corrected chi connectivity index (χ0v) is 24.5. The van der Waals surface area contributed by atoms with E-state index in [2.05, 4.69) is 26.0 Å². The lowest BCUT2D eigenvalue weighted by molar-refractivity contribution is 0.0499. The fourth-order valence-electron chi connectivity index (χ4n) is 4.85. The molecule has 1 aliphatic carbocycles. The van der Waals surface area contributed by atoms with Crippen LogP contribution in [-0.4, -0.2) is 55.2 Å². The molecule has 3 N–H and O–H groups in total. The number of aryl methyl sites for hydroxylation is 1. The van der Waals surface area contributed by atoms with E-state index < -0.39 is 23.4 Å². The van der Waals surface area contributed by atoms with E-state index >= 15 is 0 Å². The highest BCUT2D eigenvalue weighted by Crippen LogP contribution is 2.30. The maximum absolute atomic E-state index is 12.8. The second-order valence-corrected chi connectivity index (χ2v) is 12.4. The predicted octanol–water partition coefficient (Wildman–Crippen LogP) is 6.27. The molecule has 0 aliphatic heterocycles. The Morgan fingerprint density at radius 1 is 1.00 bits per heavy atom. The molecule has 0 saturated heterocycles. The van der Waals surface area contributed by atoms with Crippen molar-refractivity contribution in [3.05, 3.63) is 36.2 Å². The van der Waals surface area contributed by atoms with E-state index in [0.29, 0.717) is 34.1 Å². The lowest BCUT2D eigenvalue weighted by Crippen LogP contribution is -2.38. The minimum Gasteiger partial charge on any atom is -0.459 e. The highest BCUT2D eigenvalue weighted by atomic mass is 16.6. The number of amides is 1. The van der Waals surface area contributed by atoms with Crippen molar-refractivity contribution in [2.24, 2.45) is 0 Å². The van der Waals surface area contributed by atoms with E-state index in [9.17, 15) is 9.59 Å². The van der Waals surface area contributed by atoms with Crippen molar-refractivity contribution >= 4 is 51.6 Å². The number of carbonyl (C=O) groups excluding carboxylic acids is 2. The number of aromatic nitrogens is 4. The first kappa shape index (κ1) is 28.2. The number of hydrogen-bond donors (Lipinski definition) is 3. The number of benzene rings is 1. The Hall–Kier alpha value is -4.35. The van der Waals surface area contributed by atoms with Crippen LogP contribution in [0.25, 0.3) is 22.0 Å². The summed E-state index contributed by atoms with van der Waals surface area (Å²) in [6.45, 7) is 12.8. The van der Waals surface area contributed by atoms with Crippen LogP contribution < -0.4 is 16.0 Å². The van der Waals surface area contributed by atoms with Crippen molar-refractivity contribution in [3.63, 3.8) is 0 Å². The van der Waals surface area contributed by atoms with Crippen LogP contribution >= 0.6 is 0 Å². The Labute approximate surface area is 238 Å². The Kier molecular flexibility index (Phi) is 7.26. The van der Waals surface area contributed by atoms with Gasteiger partial charge in [-0.15, -0.1) is 0 Å². The number of nitrogens with zero attached hydrogens (tertiary/aromatic N) is 4. The van der Waals surface area contributed by atoms with Crippen molar-refractivity contribution in [1.82, 2.24) is 25.1 Å². The third-order valence-corrected chi connectivity index (χ3v) is 6.49. The molecule has 12 heteroatoms. The summed E-state index contributed by atoms with van der Waals surface area (Å²) >= 11 is 0. The lowest BCUT2D eigenvalue weighted by Gasteiger charge is -2.22. The van der Waals surface area contributed by atoms with Gasteiger partial charge in [-0.25, -0.2) is 14.6 Å². The van der Waals surface area contributed by atoms with Crippen LogP contribution in [0, 0.1) is 6.92 Å². The predicted molar refractivity (Wildman–Crippen MR) is 156 cm³/mol. The molecule has 12 nitrogen and oxygen atoms in total. The van der Waals surface area contributed by atoms with E-state index in [1.54, 1.807) is 12.3 Å². The molecule has 5 rings (SSSR count). The molecule has 0 bridgehead atoms. The molecule has 41 heavy (non-hydrogen) atoms. The molecule has 218 valence electrons. The van der Waals surface area contributed by atoms with E-state index in [4.69, 9.17) is 18.9 Å². The van der Waals surface area contributed by atoms with Crippen molar-refractivity contribution in [2.75, 3.05) is 10.6 Å². The SMILES string of the molecule is Cc1nn(C(=O)OC(C)(C)C)c2cc(Nc3nc(N[C@H]4CC[C@@H](NC(=O)OC(C)(C)C)C4)c4occc4n3)ccc12. The molecule has 1 aliphatic rings. The van der Waals surface area contributed by atoms with Gasteiger partial charge in [-0.1, -0.05) is 0 Å². The molecule has 3 aromatic heterocycles. The standard InChI is InChI=1S/C29H37N7O5/c1-16-20-11-10-19(15-22(20)36(35-16)27(38)41-29(5,6)7)31-25-33-21-12-13-39-23(21)24(34-25)30-17-8-9-18(14-17)32-26(37)40-28(2,3)4/h10-13,15,17-18H,8-9,14H2,1-7H3,(H,32,37)(H2,30,31,33,34)/t17-,18+/m0/s1. The van der Waals surface area contributed by atoms with Gasteiger partial charge in [-0.3, -0.25) is 0 Å². The summed E-state index contributed by atoms with van der Waals surface area (Å²) in [4.78, 5) is 34.3. The van der Waals surface area contributed by atoms with Crippen LogP contribution in [-0.2, 0) is 9.47 Å². The Bertz CT molecular complexity index is 1590. The second kappa shape index (κ2) is 10.6. The van der Waals surface area contributed by atoms with Crippen LogP contribution in [0.2, 0.25) is 0 Å². The molecule has 1 saturated carbocycles. The van der Waals surface area contributed by atoms with Gasteiger partial charge in [0.2, 0.25) is 5.95 Å². The topological polar surface area (TPSA) is 145 Å². The molecule has 3 heterocycles. The van der Waals surface area contributed by atoms with Crippen molar-refractivity contribution in [1.29, 1.82) is 0 Å². The minimum atomic E-state index is -0.651. The molecule has 0 spiro atoms. The average Bonchev–Trinajstić information content (AvgIpc) is 3.56. The van der Waals surface area contributed by atoms with Crippen molar-refractivity contribution in [2.45, 2.75) is 91.0 Å². The number of nitrogens with one attached hydrogen (secondary N) is 3. The molecular formula is C29H37N7O5. The van der Waals surface area contributed by atoms with Gasteiger partial charge in [0.15, 0.2) is 11.4 Å². The summed E-state index contributed by atoms with van der Waals surface area (Å²) in [6.07, 6.45) is 3.00. The fraction of sp³-hybridized carbons (Fsp3) is 0.483. The summed E-state index contributed by atoms with van der Waals surface area (Å²) in [6, 6.07) is 7.45. The molecule has 1 amide bonds. The number of hydrogen-bond acceptors (Lipinski definition) is 10. The normalized spacial score (nSPS) is 17.5. The van der Waals surface area contributed by atoms with Crippen LogP contribution in [0.3, 0.4) is 0 Å². The van der Waals surface area contributed by atoms with Gasteiger partial charge >= 0.3 is 12.2 Å². The lowest BCUT2D eigenvalue weighted by atomic mass is 10.2. The Morgan fingerprint density at radius 2 is 1.73 bits per heavy atom. The number of ether oxygens (including phenoxy) is 2. The van der Waals surface area contributed by atoms with Gasteiger partial charge in [-0.05, 0) is 85.9 Å². The van der Waals surface area contributed by atoms with Gasteiger partial charge in [0, 0.05) is 29.2 Å². The largest absolute Gasteiger partial charge is 0.459 e. The monoisotopic (exact) mass is 563 g/mol. The third kappa shape index (κ3) is 6.69. The first-order chi connectivity index (χ1) is 19.2. The summed E-state index contributed by atoms with van der Waals surface area (Å²) in [5.74, 6) is 0.920. The molecule has 4 aromatic rings. The van der Waals surface area contributed by atoms with E-state index in [-0.39, 0.29) is 12.1 Å². The first-order valence-corrected chi connectivity index (χ1v) is 13.8. The van der Waals surface area contributed by atoms with Crippen molar-refractivity contribution < 1.29 is 23.5 Å². The number of carbonyl (C=O) groups is 2. The van der Waals surface area contributed by atoms with Crippen LogP contribution in [0.15, 0.2) is 34.9 Å². The number of furan rings is 1. The molecule has 0 radical (unpaired) electrons. The highest BCUT2D eigenvalue weighted by molar-refractivity contribution is 5.92. The summed E-state index contributed by atoms with van der Waals surface area (Å²) in [5, 5.41) is 14.9. The van der Waals surface area contributed by atoms with Crippen molar-refractivity contribution in [3.8, 4) is 0 Å². The summed E-state index contributed by atoms with van der Waals surface area (Å²) in [5.41, 5.74) is 2.00. The van der Waals surface area contributed by atoms with E-state index in [1.807, 2.05) is 66.7 Å². The van der Waals surface area contributed by atoms with Gasteiger partial charge < -0.3 is 29.8 Å². The zero-order valence-electron chi connectivity index (χ0n) is 24.5. The zero-order chi connectivity index (χ0) is 29.5. The Morgan fingerprint density at radius 3 is 2.46 bits per heavy atom. The van der Waals surface area contributed by atoms with Gasteiger partial charge in [0.1, 0.15) is 16.7 Å².